The molecule has 0 aromatic heterocycles. The number of rotatable bonds is 3. The van der Waals surface area contributed by atoms with Crippen molar-refractivity contribution in [1.82, 2.24) is 0 Å². The second-order valence-electron chi connectivity index (χ2n) is 3.09. The molecule has 1 rings (SSSR count). The van der Waals surface area contributed by atoms with Crippen LogP contribution in [0.25, 0.3) is 0 Å². The van der Waals surface area contributed by atoms with E-state index < -0.39 is 31.4 Å². The largest absolute Gasteiger partial charge is 0.694 e. The van der Waals surface area contributed by atoms with Crippen LogP contribution >= 0.6 is 19.9 Å². The summed E-state index contributed by atoms with van der Waals surface area (Å²) in [5, 5.41) is -2.16. The molecule has 1 aliphatic heterocycles. The standard InChI is InChI=1S/C6H8BClFO4P/c1-3-4(2-12-14(10)11)13-5(7)6(3,8)9/h3-5H,2H2,1H3/p+1/t3-,4-,5-,6-/m1/s1. The van der Waals surface area contributed by atoms with Crippen LogP contribution in [0.2, 0.25) is 0 Å². The molecule has 2 radical (unpaired) electrons. The fourth-order valence-electron chi connectivity index (χ4n) is 1.22. The van der Waals surface area contributed by atoms with E-state index >= 15 is 0 Å². The van der Waals surface area contributed by atoms with Crippen molar-refractivity contribution in [3.63, 3.8) is 0 Å². The Morgan fingerprint density at radius 3 is 2.79 bits per heavy atom. The lowest BCUT2D eigenvalue weighted by molar-refractivity contribution is 0.0334. The van der Waals surface area contributed by atoms with Gasteiger partial charge in [0.15, 0.2) is 0 Å². The van der Waals surface area contributed by atoms with Gasteiger partial charge in [-0.2, -0.15) is 0 Å². The first-order valence-corrected chi connectivity index (χ1v) is 5.44. The van der Waals surface area contributed by atoms with Crippen LogP contribution in [0.3, 0.4) is 0 Å². The molecule has 5 atom stereocenters. The van der Waals surface area contributed by atoms with Gasteiger partial charge >= 0.3 is 8.25 Å². The number of halogens is 2. The Balaban J connectivity index is 2.54. The van der Waals surface area contributed by atoms with Crippen molar-refractivity contribution in [2.24, 2.45) is 5.92 Å². The fraction of sp³-hybridized carbons (Fsp3) is 1.00. The molecule has 1 unspecified atom stereocenters. The van der Waals surface area contributed by atoms with Crippen LogP contribution in [-0.4, -0.2) is 36.6 Å². The third-order valence-electron chi connectivity index (χ3n) is 2.21. The molecular weight excluding hydrogens is 232 g/mol. The maximum atomic E-state index is 13.5. The van der Waals surface area contributed by atoms with E-state index in [4.69, 9.17) is 29.1 Å². The van der Waals surface area contributed by atoms with E-state index in [1.54, 1.807) is 0 Å². The van der Waals surface area contributed by atoms with Gasteiger partial charge in [0.05, 0.1) is 12.1 Å². The molecule has 0 aliphatic carbocycles. The predicted octanol–water partition coefficient (Wildman–Crippen LogP) is 1.09. The first-order chi connectivity index (χ1) is 6.35. The van der Waals surface area contributed by atoms with Crippen molar-refractivity contribution in [2.75, 3.05) is 6.61 Å². The third kappa shape index (κ3) is 2.44. The van der Waals surface area contributed by atoms with Crippen molar-refractivity contribution < 1.29 is 23.1 Å². The maximum absolute atomic E-state index is 13.5. The minimum atomic E-state index is -2.72. The zero-order valence-corrected chi connectivity index (χ0v) is 9.04. The zero-order chi connectivity index (χ0) is 10.9. The highest BCUT2D eigenvalue weighted by molar-refractivity contribution is 7.32. The Hall–Kier alpha value is 0.265. The lowest BCUT2D eigenvalue weighted by Gasteiger charge is -2.19. The molecule has 1 aliphatic rings. The molecule has 0 spiro atoms. The third-order valence-corrected chi connectivity index (χ3v) is 3.14. The summed E-state index contributed by atoms with van der Waals surface area (Å²) < 4.78 is 33.1. The van der Waals surface area contributed by atoms with Gasteiger partial charge in [-0.25, -0.2) is 4.39 Å². The molecule has 1 N–H and O–H groups in total. The van der Waals surface area contributed by atoms with E-state index in [0.29, 0.717) is 0 Å². The lowest BCUT2D eigenvalue weighted by Crippen LogP contribution is -2.33. The monoisotopic (exact) mass is 241 g/mol. The number of hydrogen-bond acceptors (Lipinski definition) is 3. The van der Waals surface area contributed by atoms with Crippen LogP contribution in [0.5, 0.6) is 0 Å². The average Bonchev–Trinajstić information content (AvgIpc) is 2.26. The highest BCUT2D eigenvalue weighted by Crippen LogP contribution is 2.42. The second kappa shape index (κ2) is 4.41. The van der Waals surface area contributed by atoms with Crippen LogP contribution in [0, 0.1) is 5.92 Å². The van der Waals surface area contributed by atoms with E-state index in [1.165, 1.54) is 6.92 Å². The molecule has 0 amide bonds. The van der Waals surface area contributed by atoms with E-state index in [-0.39, 0.29) is 6.61 Å². The number of ether oxygens (including phenoxy) is 1. The highest BCUT2D eigenvalue weighted by Gasteiger charge is 2.52. The van der Waals surface area contributed by atoms with Gasteiger partial charge in [-0.05, 0) is 0 Å². The van der Waals surface area contributed by atoms with E-state index in [2.05, 4.69) is 4.52 Å². The van der Waals surface area contributed by atoms with Gasteiger partial charge in [0.2, 0.25) is 5.13 Å². The topological polar surface area (TPSA) is 55.8 Å². The van der Waals surface area contributed by atoms with Crippen LogP contribution in [0.4, 0.5) is 4.39 Å². The molecule has 0 bridgehead atoms. The molecule has 4 nitrogen and oxygen atoms in total. The van der Waals surface area contributed by atoms with Gasteiger partial charge in [0, 0.05) is 10.5 Å². The molecule has 0 aromatic carbocycles. The molecule has 0 saturated carbocycles. The minimum Gasteiger partial charge on any atom is -0.377 e. The maximum Gasteiger partial charge on any atom is 0.694 e. The fourth-order valence-corrected chi connectivity index (χ4v) is 1.69. The van der Waals surface area contributed by atoms with Gasteiger partial charge in [0.1, 0.15) is 14.5 Å². The Morgan fingerprint density at radius 1 is 1.86 bits per heavy atom. The van der Waals surface area contributed by atoms with Gasteiger partial charge in [0.25, 0.3) is 0 Å². The molecule has 78 valence electrons. The van der Waals surface area contributed by atoms with Gasteiger partial charge < -0.3 is 4.74 Å². The summed E-state index contributed by atoms with van der Waals surface area (Å²) in [4.78, 5) is 8.37. The molecular formula is C6H9BClFO4P+. The van der Waals surface area contributed by atoms with Crippen LogP contribution in [0.15, 0.2) is 0 Å². The second-order valence-corrected chi connectivity index (χ2v) is 4.41. The van der Waals surface area contributed by atoms with Gasteiger partial charge in [-0.15, -0.1) is 9.42 Å². The number of hydrogen-bond donors (Lipinski definition) is 1. The van der Waals surface area contributed by atoms with Crippen molar-refractivity contribution >= 4 is 27.7 Å². The van der Waals surface area contributed by atoms with Crippen molar-refractivity contribution in [3.8, 4) is 0 Å². The SMILES string of the molecule is [B][C@@H]1O[C@H](CO[P+](=O)O)[C@@H](C)[C@]1(F)Cl. The summed E-state index contributed by atoms with van der Waals surface area (Å²) >= 11 is 5.47. The number of alkyl halides is 2. The molecule has 1 heterocycles. The summed E-state index contributed by atoms with van der Waals surface area (Å²) in [6.07, 6.45) is -0.710. The lowest BCUT2D eigenvalue weighted by atomic mass is 9.89. The Labute approximate surface area is 88.1 Å². The Kier molecular flexibility index (Phi) is 3.89. The molecule has 1 saturated heterocycles. The minimum absolute atomic E-state index is 0.209. The molecule has 14 heavy (non-hydrogen) atoms. The highest BCUT2D eigenvalue weighted by atomic mass is 35.5. The molecule has 8 heteroatoms. The first kappa shape index (κ1) is 12.3. The molecule has 0 aromatic rings. The summed E-state index contributed by atoms with van der Waals surface area (Å²) in [5.41, 5.74) is 0. The first-order valence-electron chi connectivity index (χ1n) is 3.93. The zero-order valence-electron chi connectivity index (χ0n) is 7.39. The van der Waals surface area contributed by atoms with Crippen molar-refractivity contribution in [2.45, 2.75) is 24.2 Å². The average molecular weight is 241 g/mol. The van der Waals surface area contributed by atoms with Crippen molar-refractivity contribution in [3.05, 3.63) is 0 Å². The predicted molar refractivity (Wildman–Crippen MR) is 49.0 cm³/mol. The van der Waals surface area contributed by atoms with E-state index in [1.807, 2.05) is 0 Å². The van der Waals surface area contributed by atoms with Gasteiger partial charge in [-0.1, -0.05) is 18.5 Å². The summed E-state index contributed by atoms with van der Waals surface area (Å²) in [6, 6.07) is -1.25. The Bertz CT molecular complexity index is 242. The van der Waals surface area contributed by atoms with Crippen LogP contribution < -0.4 is 0 Å². The van der Waals surface area contributed by atoms with Crippen molar-refractivity contribution in [1.29, 1.82) is 0 Å². The normalized spacial score (nSPS) is 44.0. The summed E-state index contributed by atoms with van der Waals surface area (Å²) in [7, 11) is 2.56. The Morgan fingerprint density at radius 2 is 2.43 bits per heavy atom. The quantitative estimate of drug-likeness (QED) is 0.456. The van der Waals surface area contributed by atoms with E-state index in [0.717, 1.165) is 0 Å². The van der Waals surface area contributed by atoms with Crippen LogP contribution in [0.1, 0.15) is 6.92 Å². The van der Waals surface area contributed by atoms with E-state index in [9.17, 15) is 8.96 Å². The van der Waals surface area contributed by atoms with Gasteiger partial charge in [-0.3, -0.25) is 0 Å². The smallest absolute Gasteiger partial charge is 0.377 e. The summed E-state index contributed by atoms with van der Waals surface area (Å²) in [5.74, 6) is -0.700. The molecule has 1 fully saturated rings. The summed E-state index contributed by atoms with van der Waals surface area (Å²) in [6.45, 7) is 1.29. The van der Waals surface area contributed by atoms with Crippen LogP contribution in [-0.2, 0) is 13.8 Å².